The molecule has 0 spiro atoms. The average molecular weight is 402 g/mol. The molecule has 0 unspecified atom stereocenters. The summed E-state index contributed by atoms with van der Waals surface area (Å²) in [5.74, 6) is -8.76. The lowest BCUT2D eigenvalue weighted by molar-refractivity contribution is -0.223. The van der Waals surface area contributed by atoms with Gasteiger partial charge in [-0.3, -0.25) is 0 Å². The molecule has 0 fully saturated rings. The molecule has 6 heteroatoms. The average Bonchev–Trinajstić information content (AvgIpc) is 2.68. The molecular weight excluding hydrogens is 379 g/mol. The quantitative estimate of drug-likeness (QED) is 0.286. The van der Waals surface area contributed by atoms with Crippen LogP contribution in [0.25, 0.3) is 0 Å². The van der Waals surface area contributed by atoms with Crippen LogP contribution in [0.4, 0.5) is 21.4 Å². The van der Waals surface area contributed by atoms with Gasteiger partial charge in [0.25, 0.3) is 0 Å². The van der Waals surface area contributed by atoms with E-state index in [2.05, 4.69) is 6.92 Å². The fourth-order valence-corrected chi connectivity index (χ4v) is 3.13. The molecule has 0 aliphatic carbocycles. The van der Waals surface area contributed by atoms with Gasteiger partial charge in [-0.1, -0.05) is 69.0 Å². The lowest BCUT2D eigenvalue weighted by Gasteiger charge is -2.27. The van der Waals surface area contributed by atoms with Gasteiger partial charge in [0.05, 0.1) is 12.1 Å². The molecule has 0 aromatic heterocycles. The number of halogens is 5. The third kappa shape index (κ3) is 5.24. The van der Waals surface area contributed by atoms with Crippen molar-refractivity contribution in [3.05, 3.63) is 65.2 Å². The number of hydrogen-bond acceptors (Lipinski definition) is 1. The number of rotatable bonds is 10. The molecule has 0 atom stereocenters. The summed E-state index contributed by atoms with van der Waals surface area (Å²) in [5.41, 5.74) is -0.713. The maximum Gasteiger partial charge on any atom is 0.339 e. The van der Waals surface area contributed by atoms with Crippen LogP contribution in [0.15, 0.2) is 53.4 Å². The summed E-state index contributed by atoms with van der Waals surface area (Å²) in [6, 6.07) is 8.91. The van der Waals surface area contributed by atoms with Crippen LogP contribution in [-0.4, -0.2) is 0 Å². The van der Waals surface area contributed by atoms with Gasteiger partial charge in [-0.05, 0) is 30.5 Å². The van der Waals surface area contributed by atoms with Gasteiger partial charge in [0.1, 0.15) is 0 Å². The van der Waals surface area contributed by atoms with Crippen LogP contribution in [0.1, 0.15) is 55.7 Å². The second-order valence-electron chi connectivity index (χ2n) is 6.61. The zero-order valence-corrected chi connectivity index (χ0v) is 16.0. The third-order valence-electron chi connectivity index (χ3n) is 4.59. The predicted molar refractivity (Wildman–Crippen MR) is 100 cm³/mol. The Hall–Kier alpha value is -1.56. The van der Waals surface area contributed by atoms with E-state index in [9.17, 15) is 21.4 Å². The summed E-state index contributed by atoms with van der Waals surface area (Å²) in [6.45, 7) is 2.13. The van der Waals surface area contributed by atoms with Gasteiger partial charge in [0, 0.05) is 16.0 Å². The van der Waals surface area contributed by atoms with Crippen molar-refractivity contribution < 1.29 is 21.4 Å². The Morgan fingerprint density at radius 2 is 1.19 bits per heavy atom. The van der Waals surface area contributed by atoms with Crippen LogP contribution >= 0.6 is 12.1 Å². The first-order chi connectivity index (χ1) is 12.8. The van der Waals surface area contributed by atoms with Crippen molar-refractivity contribution in [3.8, 4) is 0 Å². The first kappa shape index (κ1) is 21.7. The van der Waals surface area contributed by atoms with Crippen molar-refractivity contribution in [2.45, 2.75) is 62.2 Å². The molecule has 0 radical (unpaired) electrons. The highest BCUT2D eigenvalue weighted by Crippen LogP contribution is 2.49. The lowest BCUT2D eigenvalue weighted by atomic mass is 9.94. The molecule has 0 amide bonds. The van der Waals surface area contributed by atoms with E-state index in [1.54, 1.807) is 0 Å². The second-order valence-corrected chi connectivity index (χ2v) is 7.24. The second kappa shape index (κ2) is 9.58. The highest BCUT2D eigenvalue weighted by atomic mass is 32.2. The Morgan fingerprint density at radius 1 is 0.704 bits per heavy atom. The molecule has 2 aromatic carbocycles. The highest BCUT2D eigenvalue weighted by molar-refractivity contribution is 7.94. The fourth-order valence-electron chi connectivity index (χ4n) is 2.89. The molecule has 0 saturated heterocycles. The molecule has 0 N–H and O–H groups in total. The molecule has 0 bridgehead atoms. The number of unbranched alkanes of at least 4 members (excludes halogenated alkanes) is 4. The van der Waals surface area contributed by atoms with Crippen molar-refractivity contribution in [2.24, 2.45) is 0 Å². The fraction of sp³-hybridized carbons (Fsp3) is 0.429. The zero-order chi connectivity index (χ0) is 19.9. The normalized spacial score (nSPS) is 12.4. The van der Waals surface area contributed by atoms with Crippen LogP contribution in [0.3, 0.4) is 0 Å². The largest absolute Gasteiger partial charge is 0.339 e. The number of aryl methyl sites for hydroxylation is 1. The number of alkyl halides is 4. The monoisotopic (exact) mass is 402 g/mol. The predicted octanol–water partition coefficient (Wildman–Crippen LogP) is 8.06. The molecule has 2 rings (SSSR count). The smallest absolute Gasteiger partial charge is 0.194 e. The highest BCUT2D eigenvalue weighted by Gasteiger charge is 2.58. The SMILES string of the molecule is CCCCCCCc1ccc(C(F)(F)C(F)(F)c2ccc(SF)cc2)cc1. The van der Waals surface area contributed by atoms with Gasteiger partial charge in [0.2, 0.25) is 0 Å². The van der Waals surface area contributed by atoms with Gasteiger partial charge in [0.15, 0.2) is 0 Å². The molecule has 27 heavy (non-hydrogen) atoms. The van der Waals surface area contributed by atoms with E-state index in [0.29, 0.717) is 0 Å². The minimum Gasteiger partial charge on any atom is -0.194 e. The van der Waals surface area contributed by atoms with Crippen molar-refractivity contribution in [1.82, 2.24) is 0 Å². The van der Waals surface area contributed by atoms with Gasteiger partial charge in [-0.15, -0.1) is 0 Å². The Bertz CT molecular complexity index is 696. The summed E-state index contributed by atoms with van der Waals surface area (Å²) in [6.07, 6.45) is 6.22. The van der Waals surface area contributed by atoms with E-state index in [4.69, 9.17) is 0 Å². The first-order valence-electron chi connectivity index (χ1n) is 9.07. The lowest BCUT2D eigenvalue weighted by Crippen LogP contribution is -2.35. The van der Waals surface area contributed by atoms with Crippen LogP contribution < -0.4 is 0 Å². The Balaban J connectivity index is 2.09. The van der Waals surface area contributed by atoms with Gasteiger partial charge >= 0.3 is 11.8 Å². The molecule has 0 aliphatic heterocycles. The minimum absolute atomic E-state index is 0.0844. The topological polar surface area (TPSA) is 0 Å². The molecule has 0 aliphatic rings. The van der Waals surface area contributed by atoms with Crippen molar-refractivity contribution in [1.29, 1.82) is 0 Å². The van der Waals surface area contributed by atoms with E-state index in [-0.39, 0.29) is 17.0 Å². The van der Waals surface area contributed by atoms with Crippen LogP contribution in [-0.2, 0) is 18.3 Å². The van der Waals surface area contributed by atoms with E-state index in [0.717, 1.165) is 74.1 Å². The zero-order valence-electron chi connectivity index (χ0n) is 15.2. The maximum absolute atomic E-state index is 14.5. The third-order valence-corrected chi connectivity index (χ3v) is 5.04. The van der Waals surface area contributed by atoms with E-state index < -0.39 is 23.0 Å². The Labute approximate surface area is 161 Å². The van der Waals surface area contributed by atoms with Crippen LogP contribution in [0.5, 0.6) is 0 Å². The summed E-state index contributed by atoms with van der Waals surface area (Å²) >= 11 is -0.128. The van der Waals surface area contributed by atoms with Crippen molar-refractivity contribution in [3.63, 3.8) is 0 Å². The van der Waals surface area contributed by atoms with E-state index >= 15 is 0 Å². The van der Waals surface area contributed by atoms with Crippen molar-refractivity contribution >= 4 is 12.1 Å². The molecule has 0 nitrogen and oxygen atoms in total. The summed E-state index contributed by atoms with van der Waals surface area (Å²) in [5, 5.41) is 0. The van der Waals surface area contributed by atoms with Crippen LogP contribution in [0, 0.1) is 0 Å². The number of benzene rings is 2. The van der Waals surface area contributed by atoms with Gasteiger partial charge < -0.3 is 0 Å². The molecule has 148 valence electrons. The van der Waals surface area contributed by atoms with E-state index in [1.165, 1.54) is 18.6 Å². The van der Waals surface area contributed by atoms with Gasteiger partial charge in [-0.2, -0.15) is 21.4 Å². The Morgan fingerprint density at radius 3 is 1.67 bits per heavy atom. The first-order valence-corrected chi connectivity index (χ1v) is 9.78. The van der Waals surface area contributed by atoms with Gasteiger partial charge in [-0.25, -0.2) is 0 Å². The van der Waals surface area contributed by atoms with Crippen molar-refractivity contribution in [2.75, 3.05) is 0 Å². The van der Waals surface area contributed by atoms with Crippen LogP contribution in [0.2, 0.25) is 0 Å². The summed E-state index contributed by atoms with van der Waals surface area (Å²) < 4.78 is 70.3. The molecule has 0 heterocycles. The standard InChI is InChI=1S/C21H23F5S/c1-2-3-4-5-6-7-16-8-10-17(11-9-16)20(22,23)21(24,25)18-12-14-19(27-26)15-13-18/h8-15H,2-7H2,1H3. The summed E-state index contributed by atoms with van der Waals surface area (Å²) in [7, 11) is 0. The summed E-state index contributed by atoms with van der Waals surface area (Å²) in [4.78, 5) is 0.0844. The number of hydrogen-bond donors (Lipinski definition) is 0. The van der Waals surface area contributed by atoms with E-state index in [1.807, 2.05) is 0 Å². The maximum atomic E-state index is 14.5. The minimum atomic E-state index is -4.39. The molecular formula is C21H23F5S. The molecule has 2 aromatic rings. The molecule has 0 saturated carbocycles. The Kier molecular flexibility index (Phi) is 7.71.